The molecule has 0 aliphatic carbocycles. The number of nitrogens with zero attached hydrogens (tertiary/aromatic N) is 2. The Morgan fingerprint density at radius 1 is 0.886 bits per heavy atom. The highest BCUT2D eigenvalue weighted by Crippen LogP contribution is 2.21. The van der Waals surface area contributed by atoms with E-state index < -0.39 is 20.9 Å². The van der Waals surface area contributed by atoms with Crippen molar-refractivity contribution in [3.8, 4) is 0 Å². The van der Waals surface area contributed by atoms with E-state index in [0.29, 0.717) is 17.0 Å². The molecule has 180 valence electrons. The van der Waals surface area contributed by atoms with Gasteiger partial charge >= 0.3 is 0 Å². The summed E-state index contributed by atoms with van der Waals surface area (Å²) in [5.41, 5.74) is 4.27. The highest BCUT2D eigenvalue weighted by molar-refractivity contribution is 7.92. The molecule has 35 heavy (non-hydrogen) atoms. The highest BCUT2D eigenvalue weighted by atomic mass is 32.2. The lowest BCUT2D eigenvalue weighted by Gasteiger charge is -2.09. The lowest BCUT2D eigenvalue weighted by Crippen LogP contribution is -2.19. The van der Waals surface area contributed by atoms with Crippen LogP contribution in [-0.2, 0) is 14.8 Å². The quantitative estimate of drug-likeness (QED) is 0.246. The van der Waals surface area contributed by atoms with Crippen LogP contribution in [0, 0.1) is 10.1 Å². The topological polar surface area (TPSA) is 160 Å². The van der Waals surface area contributed by atoms with E-state index in [1.54, 1.807) is 31.2 Å². The Kier molecular flexibility index (Phi) is 7.56. The zero-order valence-electron chi connectivity index (χ0n) is 18.7. The van der Waals surface area contributed by atoms with Gasteiger partial charge in [0.2, 0.25) is 5.91 Å². The van der Waals surface area contributed by atoms with Crippen molar-refractivity contribution in [3.05, 3.63) is 94.0 Å². The predicted molar refractivity (Wildman–Crippen MR) is 131 cm³/mol. The van der Waals surface area contributed by atoms with E-state index in [-0.39, 0.29) is 27.7 Å². The first kappa shape index (κ1) is 25.1. The molecule has 0 atom stereocenters. The van der Waals surface area contributed by atoms with Crippen LogP contribution < -0.4 is 15.5 Å². The van der Waals surface area contributed by atoms with Crippen LogP contribution in [0.4, 0.5) is 17.1 Å². The largest absolute Gasteiger partial charge is 0.326 e. The number of anilines is 2. The second-order valence-electron chi connectivity index (χ2n) is 7.34. The zero-order valence-corrected chi connectivity index (χ0v) is 19.5. The lowest BCUT2D eigenvalue weighted by atomic mass is 10.1. The summed E-state index contributed by atoms with van der Waals surface area (Å²) < 4.78 is 27.4. The summed E-state index contributed by atoms with van der Waals surface area (Å²) in [6.07, 6.45) is 0. The molecule has 11 nitrogen and oxygen atoms in total. The van der Waals surface area contributed by atoms with Gasteiger partial charge < -0.3 is 5.32 Å². The number of rotatable bonds is 8. The first-order valence-corrected chi connectivity index (χ1v) is 11.6. The van der Waals surface area contributed by atoms with Crippen molar-refractivity contribution in [1.29, 1.82) is 0 Å². The van der Waals surface area contributed by atoms with E-state index in [1.807, 2.05) is 0 Å². The van der Waals surface area contributed by atoms with Crippen molar-refractivity contribution >= 4 is 44.6 Å². The first-order valence-electron chi connectivity index (χ1n) is 10.1. The van der Waals surface area contributed by atoms with Gasteiger partial charge in [-0.2, -0.15) is 5.10 Å². The maximum atomic E-state index is 12.5. The molecular weight excluding hydrogens is 474 g/mol. The van der Waals surface area contributed by atoms with Gasteiger partial charge in [-0.3, -0.25) is 24.4 Å². The fourth-order valence-corrected chi connectivity index (χ4v) is 4.05. The molecule has 0 saturated carbocycles. The summed E-state index contributed by atoms with van der Waals surface area (Å²) in [5, 5.41) is 17.6. The Balaban J connectivity index is 1.67. The summed E-state index contributed by atoms with van der Waals surface area (Å²) >= 11 is 0. The van der Waals surface area contributed by atoms with Crippen LogP contribution in [-0.4, -0.2) is 30.9 Å². The molecule has 0 bridgehead atoms. The molecular formula is C23H21N5O6S. The van der Waals surface area contributed by atoms with E-state index in [2.05, 4.69) is 20.6 Å². The average molecular weight is 496 g/mol. The van der Waals surface area contributed by atoms with Crippen LogP contribution in [0.2, 0.25) is 0 Å². The number of hydrazone groups is 1. The van der Waals surface area contributed by atoms with Gasteiger partial charge in [-0.05, 0) is 55.0 Å². The third-order valence-corrected chi connectivity index (χ3v) is 6.04. The molecule has 2 amide bonds. The molecule has 0 heterocycles. The van der Waals surface area contributed by atoms with Gasteiger partial charge in [-0.15, -0.1) is 0 Å². The molecule has 3 aromatic carbocycles. The van der Waals surface area contributed by atoms with Crippen LogP contribution in [0.1, 0.15) is 29.8 Å². The van der Waals surface area contributed by atoms with Crippen molar-refractivity contribution in [2.24, 2.45) is 5.10 Å². The van der Waals surface area contributed by atoms with Gasteiger partial charge in [0.25, 0.3) is 21.6 Å². The van der Waals surface area contributed by atoms with Crippen LogP contribution in [0.15, 0.2) is 82.8 Å². The van der Waals surface area contributed by atoms with E-state index in [4.69, 9.17) is 0 Å². The van der Waals surface area contributed by atoms with E-state index in [0.717, 1.165) is 6.07 Å². The van der Waals surface area contributed by atoms with Crippen molar-refractivity contribution in [3.63, 3.8) is 0 Å². The minimum Gasteiger partial charge on any atom is -0.326 e. The number of nitrogens with one attached hydrogen (secondary N) is 3. The minimum absolute atomic E-state index is 0.169. The molecule has 3 N–H and O–H groups in total. The fourth-order valence-electron chi connectivity index (χ4n) is 2.96. The fraction of sp³-hybridized carbons (Fsp3) is 0.0870. The van der Waals surface area contributed by atoms with Gasteiger partial charge in [0, 0.05) is 36.0 Å². The lowest BCUT2D eigenvalue weighted by molar-refractivity contribution is -0.385. The number of carbonyl (C=O) groups is 2. The molecule has 0 aromatic heterocycles. The molecule has 0 spiro atoms. The van der Waals surface area contributed by atoms with Crippen molar-refractivity contribution < 1.29 is 22.9 Å². The van der Waals surface area contributed by atoms with Gasteiger partial charge in [0.1, 0.15) is 0 Å². The van der Waals surface area contributed by atoms with Crippen molar-refractivity contribution in [2.45, 2.75) is 18.7 Å². The van der Waals surface area contributed by atoms with Crippen molar-refractivity contribution in [2.75, 3.05) is 10.0 Å². The van der Waals surface area contributed by atoms with Gasteiger partial charge in [-0.1, -0.05) is 18.2 Å². The standard InChI is InChI=1S/C23H21N5O6S/c1-15(18-5-3-6-20(13-18)24-16(2)29)25-26-23(30)17-9-11-19(12-10-17)27-35(33,34)22-8-4-7-21(14-22)28(31)32/h3-14,27H,1-2H3,(H,24,29)(H,26,30)/b25-15+. The molecule has 3 aromatic rings. The maximum Gasteiger partial charge on any atom is 0.271 e. The number of hydrogen-bond donors (Lipinski definition) is 3. The van der Waals surface area contributed by atoms with E-state index in [9.17, 15) is 28.1 Å². The number of carbonyl (C=O) groups excluding carboxylic acids is 2. The summed E-state index contributed by atoms with van der Waals surface area (Å²) in [5.74, 6) is -0.726. The smallest absolute Gasteiger partial charge is 0.271 e. The van der Waals surface area contributed by atoms with E-state index >= 15 is 0 Å². The van der Waals surface area contributed by atoms with E-state index in [1.165, 1.54) is 49.4 Å². The normalized spacial score (nSPS) is 11.4. The monoisotopic (exact) mass is 495 g/mol. The molecule has 3 rings (SSSR count). The second kappa shape index (κ2) is 10.6. The third kappa shape index (κ3) is 6.71. The minimum atomic E-state index is -4.07. The number of sulfonamides is 1. The Hall–Kier alpha value is -4.58. The van der Waals surface area contributed by atoms with Crippen LogP contribution in [0.5, 0.6) is 0 Å². The number of benzene rings is 3. The summed E-state index contributed by atoms with van der Waals surface area (Å²) in [4.78, 5) is 33.6. The zero-order chi connectivity index (χ0) is 25.6. The first-order chi connectivity index (χ1) is 16.5. The maximum absolute atomic E-state index is 12.5. The second-order valence-corrected chi connectivity index (χ2v) is 9.02. The molecule has 0 aliphatic heterocycles. The Labute approximate surface area is 201 Å². The molecule has 12 heteroatoms. The van der Waals surface area contributed by atoms with Crippen molar-refractivity contribution in [1.82, 2.24) is 5.43 Å². The Bertz CT molecular complexity index is 1420. The molecule has 0 fully saturated rings. The average Bonchev–Trinajstić information content (AvgIpc) is 2.82. The molecule has 0 aliphatic rings. The third-order valence-electron chi connectivity index (χ3n) is 4.66. The Morgan fingerprint density at radius 2 is 1.57 bits per heavy atom. The van der Waals surface area contributed by atoms with Crippen LogP contribution in [0.25, 0.3) is 0 Å². The number of nitro groups is 1. The highest BCUT2D eigenvalue weighted by Gasteiger charge is 2.18. The SMILES string of the molecule is CC(=O)Nc1cccc(/C(C)=N/NC(=O)c2ccc(NS(=O)(=O)c3cccc([N+](=O)[O-])c3)cc2)c1. The molecule has 0 saturated heterocycles. The van der Waals surface area contributed by atoms with Gasteiger partial charge in [0.05, 0.1) is 15.5 Å². The Morgan fingerprint density at radius 3 is 2.23 bits per heavy atom. The predicted octanol–water partition coefficient (Wildman–Crippen LogP) is 3.51. The number of nitro benzene ring substituents is 1. The number of amides is 2. The summed E-state index contributed by atoms with van der Waals surface area (Å²) in [6, 6.07) is 17.2. The number of non-ortho nitro benzene ring substituents is 1. The van der Waals surface area contributed by atoms with Gasteiger partial charge in [-0.25, -0.2) is 13.8 Å². The molecule has 0 radical (unpaired) electrons. The van der Waals surface area contributed by atoms with Crippen LogP contribution >= 0.6 is 0 Å². The summed E-state index contributed by atoms with van der Waals surface area (Å²) in [6.45, 7) is 3.09. The van der Waals surface area contributed by atoms with Gasteiger partial charge in [0.15, 0.2) is 0 Å². The molecule has 0 unspecified atom stereocenters. The summed E-state index contributed by atoms with van der Waals surface area (Å²) in [7, 11) is -4.07. The number of hydrogen-bond acceptors (Lipinski definition) is 7. The van der Waals surface area contributed by atoms with Crippen LogP contribution in [0.3, 0.4) is 0 Å².